The number of carbonyl (C=O) groups excluding carboxylic acids is 2. The molecule has 1 radical (unpaired) electrons. The van der Waals surface area contributed by atoms with Gasteiger partial charge in [0.05, 0.1) is 7.11 Å². The second-order valence-electron chi connectivity index (χ2n) is 9.85. The van der Waals surface area contributed by atoms with E-state index in [9.17, 15) is 9.59 Å². The van der Waals surface area contributed by atoms with E-state index in [4.69, 9.17) is 9.57 Å². The number of hydrogen-bond donors (Lipinski definition) is 0. The molecule has 0 unspecified atom stereocenters. The van der Waals surface area contributed by atoms with Crippen LogP contribution in [0, 0.1) is 0 Å². The second-order valence-corrected chi connectivity index (χ2v) is 9.85. The van der Waals surface area contributed by atoms with Crippen LogP contribution in [0.15, 0.2) is 66.7 Å². The summed E-state index contributed by atoms with van der Waals surface area (Å²) in [6.07, 6.45) is 0. The van der Waals surface area contributed by atoms with Gasteiger partial charge in [0.1, 0.15) is 5.69 Å². The minimum Gasteiger partial charge on any atom is -0.467 e. The Balaban J connectivity index is 2.20. The van der Waals surface area contributed by atoms with Crippen LogP contribution in [-0.4, -0.2) is 24.5 Å². The van der Waals surface area contributed by atoms with Gasteiger partial charge in [-0.15, -0.1) is 5.48 Å². The monoisotopic (exact) mass is 458 g/mol. The van der Waals surface area contributed by atoms with Crippen molar-refractivity contribution in [3.63, 3.8) is 0 Å². The highest BCUT2D eigenvalue weighted by Crippen LogP contribution is 2.41. The Hall–Kier alpha value is -3.44. The maximum absolute atomic E-state index is 12.2. The van der Waals surface area contributed by atoms with E-state index in [1.165, 1.54) is 7.11 Å². The van der Waals surface area contributed by atoms with E-state index in [-0.39, 0.29) is 11.2 Å². The lowest BCUT2D eigenvalue weighted by atomic mass is 9.81. The maximum Gasteiger partial charge on any atom is 0.340 e. The van der Waals surface area contributed by atoms with Gasteiger partial charge in [-0.3, -0.25) is 4.79 Å². The van der Waals surface area contributed by atoms with Gasteiger partial charge in [-0.05, 0) is 60.6 Å². The first-order valence-corrected chi connectivity index (χ1v) is 11.3. The number of esters is 1. The van der Waals surface area contributed by atoms with Gasteiger partial charge in [-0.2, -0.15) is 0 Å². The first kappa shape index (κ1) is 25.2. The molecule has 0 heterocycles. The van der Waals surface area contributed by atoms with Gasteiger partial charge < -0.3 is 4.74 Å². The molecule has 0 aliphatic rings. The van der Waals surface area contributed by atoms with Crippen LogP contribution in [0.2, 0.25) is 0 Å². The van der Waals surface area contributed by atoms with Crippen LogP contribution in [0.5, 0.6) is 0 Å². The molecule has 3 aromatic carbocycles. The molecule has 0 saturated carbocycles. The minimum absolute atomic E-state index is 0.0337. The van der Waals surface area contributed by atoms with Crippen LogP contribution in [0.4, 0.5) is 5.69 Å². The summed E-state index contributed by atoms with van der Waals surface area (Å²) in [6.45, 7) is 11.2. The van der Waals surface area contributed by atoms with E-state index in [1.807, 2.05) is 54.6 Å². The molecule has 0 N–H and O–H groups in total. The van der Waals surface area contributed by atoms with Gasteiger partial charge in [-0.25, -0.2) is 9.63 Å². The summed E-state index contributed by atoms with van der Waals surface area (Å²) in [5.41, 5.74) is 9.19. The van der Waals surface area contributed by atoms with E-state index in [0.29, 0.717) is 11.3 Å². The number of Topliss-reactive ketones (excluding diaryl/α,β-unsaturated/α-hetero) is 1. The predicted molar refractivity (Wildman–Crippen MR) is 135 cm³/mol. The Kier molecular flexibility index (Phi) is 7.27. The summed E-state index contributed by atoms with van der Waals surface area (Å²) in [6, 6.07) is 21.7. The summed E-state index contributed by atoms with van der Waals surface area (Å²) in [7, 11) is 1.33. The fraction of sp³-hybridized carbons (Fsp3) is 0.310. The van der Waals surface area contributed by atoms with Crippen molar-refractivity contribution in [2.75, 3.05) is 7.11 Å². The number of hydrogen-bond acceptors (Lipinski definition) is 4. The van der Waals surface area contributed by atoms with Gasteiger partial charge in [0.2, 0.25) is 0 Å². The Morgan fingerprint density at radius 3 is 1.94 bits per heavy atom. The highest BCUT2D eigenvalue weighted by Gasteiger charge is 2.33. The molecule has 177 valence electrons. The lowest BCUT2D eigenvalue weighted by Crippen LogP contribution is -2.38. The zero-order chi connectivity index (χ0) is 25.1. The van der Waals surface area contributed by atoms with Gasteiger partial charge >= 0.3 is 5.97 Å². The van der Waals surface area contributed by atoms with Crippen LogP contribution in [-0.2, 0) is 19.8 Å². The molecular formula is C29H32NO4. The molecule has 0 atom stereocenters. The molecule has 34 heavy (non-hydrogen) atoms. The number of nitrogens with zero attached hydrogens (tertiary/aromatic N) is 1. The standard InChI is InChI=1S/C29H32NO4/c1-19(31)20-13-15-21(16-14-20)23-17-24(22-11-9-8-10-12-22)26(25(18-23)28(2,3)4)30-34-29(5,6)27(32)33-7/h8-18H,1-7H3. The topological polar surface area (TPSA) is 66.7 Å². The van der Waals surface area contributed by atoms with Crippen LogP contribution in [0.3, 0.4) is 0 Å². The maximum atomic E-state index is 12.2. The molecule has 3 rings (SSSR count). The molecule has 0 aromatic heterocycles. The van der Waals surface area contributed by atoms with Crippen molar-refractivity contribution in [2.45, 2.75) is 52.6 Å². The van der Waals surface area contributed by atoms with Gasteiger partial charge in [-0.1, -0.05) is 75.4 Å². The molecule has 5 nitrogen and oxygen atoms in total. The average molecular weight is 459 g/mol. The quantitative estimate of drug-likeness (QED) is 0.226. The third kappa shape index (κ3) is 5.54. The van der Waals surface area contributed by atoms with E-state index < -0.39 is 11.6 Å². The average Bonchev–Trinajstić information content (AvgIpc) is 2.81. The fourth-order valence-electron chi connectivity index (χ4n) is 3.65. The molecule has 0 aliphatic heterocycles. The zero-order valence-electron chi connectivity index (χ0n) is 20.9. The molecule has 0 amide bonds. The van der Waals surface area contributed by atoms with E-state index in [0.717, 1.165) is 27.8 Å². The Bertz CT molecular complexity index is 1170. The molecule has 0 saturated heterocycles. The van der Waals surface area contributed by atoms with Crippen molar-refractivity contribution in [3.05, 3.63) is 77.9 Å². The van der Waals surface area contributed by atoms with Crippen LogP contribution >= 0.6 is 0 Å². The normalized spacial score (nSPS) is 11.7. The molecule has 5 heteroatoms. The SMILES string of the molecule is COC(=O)C(C)(C)O[N]c1c(-c2ccccc2)cc(-c2ccc(C(C)=O)cc2)cc1C(C)(C)C. The van der Waals surface area contributed by atoms with Gasteiger partial charge in [0, 0.05) is 11.1 Å². The van der Waals surface area contributed by atoms with Crippen molar-refractivity contribution in [1.29, 1.82) is 0 Å². The third-order valence-electron chi connectivity index (χ3n) is 5.67. The molecule has 0 spiro atoms. The molecule has 0 bridgehead atoms. The minimum atomic E-state index is -1.24. The van der Waals surface area contributed by atoms with Crippen LogP contribution < -0.4 is 5.48 Å². The van der Waals surface area contributed by atoms with E-state index in [2.05, 4.69) is 38.4 Å². The van der Waals surface area contributed by atoms with Crippen molar-refractivity contribution >= 4 is 17.4 Å². The third-order valence-corrected chi connectivity index (χ3v) is 5.67. The lowest BCUT2D eigenvalue weighted by Gasteiger charge is -2.28. The second kappa shape index (κ2) is 9.82. The highest BCUT2D eigenvalue weighted by atomic mass is 16.7. The number of ether oxygens (including phenoxy) is 1. The summed E-state index contributed by atoms with van der Waals surface area (Å²) >= 11 is 0. The van der Waals surface area contributed by atoms with Crippen molar-refractivity contribution in [1.82, 2.24) is 5.48 Å². The molecule has 3 aromatic rings. The molecular weight excluding hydrogens is 426 g/mol. The predicted octanol–water partition coefficient (Wildman–Crippen LogP) is 6.64. The fourth-order valence-corrected chi connectivity index (χ4v) is 3.65. The zero-order valence-corrected chi connectivity index (χ0v) is 20.9. The number of carbonyl (C=O) groups is 2. The van der Waals surface area contributed by atoms with Crippen LogP contribution in [0.1, 0.15) is 57.5 Å². The number of benzene rings is 3. The smallest absolute Gasteiger partial charge is 0.340 e. The first-order valence-electron chi connectivity index (χ1n) is 11.3. The summed E-state index contributed by atoms with van der Waals surface area (Å²) in [5, 5.41) is 0. The first-order chi connectivity index (χ1) is 15.9. The summed E-state index contributed by atoms with van der Waals surface area (Å²) < 4.78 is 4.87. The summed E-state index contributed by atoms with van der Waals surface area (Å²) in [5.74, 6) is -0.469. The van der Waals surface area contributed by atoms with Gasteiger partial charge in [0.25, 0.3) is 0 Å². The Morgan fingerprint density at radius 2 is 1.41 bits per heavy atom. The largest absolute Gasteiger partial charge is 0.467 e. The van der Waals surface area contributed by atoms with E-state index in [1.54, 1.807) is 20.8 Å². The molecule has 0 aliphatic carbocycles. The Labute approximate surface area is 202 Å². The highest BCUT2D eigenvalue weighted by molar-refractivity contribution is 5.94. The van der Waals surface area contributed by atoms with Gasteiger partial charge in [0.15, 0.2) is 11.4 Å². The lowest BCUT2D eigenvalue weighted by molar-refractivity contribution is -0.171. The summed E-state index contributed by atoms with van der Waals surface area (Å²) in [4.78, 5) is 29.7. The van der Waals surface area contributed by atoms with Crippen LogP contribution in [0.25, 0.3) is 22.3 Å². The van der Waals surface area contributed by atoms with E-state index >= 15 is 0 Å². The van der Waals surface area contributed by atoms with Crippen molar-refractivity contribution in [2.24, 2.45) is 0 Å². The molecule has 0 fully saturated rings. The van der Waals surface area contributed by atoms with Crippen molar-refractivity contribution < 1.29 is 19.2 Å². The number of methoxy groups -OCH3 is 1. The van der Waals surface area contributed by atoms with Crippen molar-refractivity contribution in [3.8, 4) is 22.3 Å². The number of ketones is 1. The Morgan fingerprint density at radius 1 is 0.794 bits per heavy atom. The number of rotatable bonds is 7.